The van der Waals surface area contributed by atoms with Crippen LogP contribution < -0.4 is 5.32 Å². The molecule has 7 nitrogen and oxygen atoms in total. The van der Waals surface area contributed by atoms with E-state index in [1.165, 1.54) is 49.8 Å². The van der Waals surface area contributed by atoms with Crippen LogP contribution in [0, 0.1) is 0 Å². The molecule has 0 aliphatic rings. The minimum absolute atomic E-state index is 0.0290. The van der Waals surface area contributed by atoms with Crippen molar-refractivity contribution in [3.8, 4) is 0 Å². The largest absolute Gasteiger partial charge is 0.298 e. The summed E-state index contributed by atoms with van der Waals surface area (Å²) in [6.07, 6.45) is 1.56. The lowest BCUT2D eigenvalue weighted by Crippen LogP contribution is -2.26. The summed E-state index contributed by atoms with van der Waals surface area (Å²) in [5.41, 5.74) is 0.218. The van der Waals surface area contributed by atoms with Gasteiger partial charge in [0.15, 0.2) is 5.13 Å². The Morgan fingerprint density at radius 2 is 2.19 bits per heavy atom. The van der Waals surface area contributed by atoms with E-state index >= 15 is 0 Å². The molecule has 0 unspecified atom stereocenters. The Morgan fingerprint density at radius 1 is 1.43 bits per heavy atom. The van der Waals surface area contributed by atoms with Gasteiger partial charge >= 0.3 is 0 Å². The average Bonchev–Trinajstić information content (AvgIpc) is 2.99. The smallest absolute Gasteiger partial charge is 0.264 e. The number of rotatable bonds is 5. The molecule has 0 radical (unpaired) electrons. The van der Waals surface area contributed by atoms with Gasteiger partial charge in [0, 0.05) is 24.2 Å². The van der Waals surface area contributed by atoms with Crippen LogP contribution in [0.3, 0.4) is 0 Å². The third kappa shape index (κ3) is 3.45. The minimum Gasteiger partial charge on any atom is -0.298 e. The highest BCUT2D eigenvalue weighted by Crippen LogP contribution is 2.17. The quantitative estimate of drug-likeness (QED) is 0.842. The van der Waals surface area contributed by atoms with Gasteiger partial charge in [-0.3, -0.25) is 14.9 Å². The number of nitrogens with one attached hydrogen (secondary N) is 1. The molecular weight excluding hydrogens is 314 g/mol. The van der Waals surface area contributed by atoms with E-state index in [0.29, 0.717) is 5.13 Å². The van der Waals surface area contributed by atoms with E-state index in [1.807, 2.05) is 0 Å². The Balaban J connectivity index is 2.28. The van der Waals surface area contributed by atoms with Gasteiger partial charge in [0.1, 0.15) is 0 Å². The van der Waals surface area contributed by atoms with Crippen LogP contribution >= 0.6 is 11.3 Å². The topological polar surface area (TPSA) is 88.6 Å². The predicted octanol–water partition coefficient (Wildman–Crippen LogP) is 1.58. The lowest BCUT2D eigenvalue weighted by atomic mass is 10.2. The molecule has 0 bridgehead atoms. The molecule has 0 saturated carbocycles. The first-order valence-corrected chi connectivity index (χ1v) is 8.11. The summed E-state index contributed by atoms with van der Waals surface area (Å²) >= 11 is 1.27. The third-order valence-corrected chi connectivity index (χ3v) is 5.01. The molecule has 0 atom stereocenters. The number of benzene rings is 1. The molecule has 9 heteroatoms. The van der Waals surface area contributed by atoms with E-state index in [0.717, 1.165) is 4.47 Å². The lowest BCUT2D eigenvalue weighted by Gasteiger charge is -2.14. The number of amides is 1. The Morgan fingerprint density at radius 3 is 2.81 bits per heavy atom. The molecule has 1 heterocycles. The summed E-state index contributed by atoms with van der Waals surface area (Å²) in [7, 11) is -1.27. The van der Waals surface area contributed by atoms with Gasteiger partial charge in [-0.05, 0) is 18.2 Å². The highest BCUT2D eigenvalue weighted by molar-refractivity contribution is 7.89. The Bertz CT molecular complexity index is 729. The fourth-order valence-electron chi connectivity index (χ4n) is 1.50. The zero-order valence-electron chi connectivity index (χ0n) is 11.3. The SMILES string of the molecule is CON(C)S(=O)(=O)c1cccc(C(=O)Nc2nccs2)c1. The molecule has 0 aliphatic carbocycles. The van der Waals surface area contributed by atoms with Crippen molar-refractivity contribution in [1.29, 1.82) is 0 Å². The maximum atomic E-state index is 12.1. The lowest BCUT2D eigenvalue weighted by molar-refractivity contribution is -0.0258. The number of hydrogen-bond donors (Lipinski definition) is 1. The van der Waals surface area contributed by atoms with Crippen molar-refractivity contribution in [2.24, 2.45) is 0 Å². The number of sulfonamides is 1. The molecule has 0 aliphatic heterocycles. The van der Waals surface area contributed by atoms with Gasteiger partial charge < -0.3 is 0 Å². The summed E-state index contributed by atoms with van der Waals surface area (Å²) in [6.45, 7) is 0. The second-order valence-corrected chi connectivity index (χ2v) is 6.75. The highest BCUT2D eigenvalue weighted by Gasteiger charge is 2.22. The van der Waals surface area contributed by atoms with Crippen molar-refractivity contribution < 1.29 is 18.0 Å². The number of thiazole rings is 1. The van der Waals surface area contributed by atoms with Crippen LogP contribution in [0.1, 0.15) is 10.4 Å². The average molecular weight is 327 g/mol. The number of hydrogen-bond acceptors (Lipinski definition) is 6. The van der Waals surface area contributed by atoms with Crippen molar-refractivity contribution in [1.82, 2.24) is 9.45 Å². The number of carbonyl (C=O) groups is 1. The van der Waals surface area contributed by atoms with Gasteiger partial charge in [0.2, 0.25) is 0 Å². The summed E-state index contributed by atoms with van der Waals surface area (Å²) in [5, 5.41) is 4.76. The van der Waals surface area contributed by atoms with E-state index in [2.05, 4.69) is 10.3 Å². The van der Waals surface area contributed by atoms with Crippen molar-refractivity contribution in [3.63, 3.8) is 0 Å². The Labute approximate surface area is 126 Å². The van der Waals surface area contributed by atoms with Crippen LogP contribution in [0.15, 0.2) is 40.7 Å². The van der Waals surface area contributed by atoms with Crippen molar-refractivity contribution in [2.45, 2.75) is 4.90 Å². The first kappa shape index (κ1) is 15.6. The van der Waals surface area contributed by atoms with Crippen LogP contribution in [0.25, 0.3) is 0 Å². The van der Waals surface area contributed by atoms with Crippen molar-refractivity contribution in [2.75, 3.05) is 19.5 Å². The number of hydroxylamine groups is 1. The molecule has 0 saturated heterocycles. The van der Waals surface area contributed by atoms with Gasteiger partial charge in [0.05, 0.1) is 12.0 Å². The molecule has 1 amide bonds. The van der Waals surface area contributed by atoms with E-state index in [4.69, 9.17) is 4.84 Å². The second kappa shape index (κ2) is 6.31. The third-order valence-electron chi connectivity index (χ3n) is 2.64. The highest BCUT2D eigenvalue weighted by atomic mass is 32.2. The zero-order valence-corrected chi connectivity index (χ0v) is 12.9. The normalized spacial score (nSPS) is 11.6. The molecule has 112 valence electrons. The second-order valence-electron chi connectivity index (χ2n) is 3.92. The first-order chi connectivity index (χ1) is 9.95. The Kier molecular flexibility index (Phi) is 4.68. The summed E-state index contributed by atoms with van der Waals surface area (Å²) in [6, 6.07) is 5.70. The summed E-state index contributed by atoms with van der Waals surface area (Å²) in [5.74, 6) is -0.429. The number of aromatic nitrogens is 1. The summed E-state index contributed by atoms with van der Waals surface area (Å²) in [4.78, 5) is 20.6. The van der Waals surface area contributed by atoms with Crippen LogP contribution in [0.4, 0.5) is 5.13 Å². The monoisotopic (exact) mass is 327 g/mol. The van der Waals surface area contributed by atoms with Gasteiger partial charge in [0.25, 0.3) is 15.9 Å². The molecular formula is C12H13N3O4S2. The molecule has 2 rings (SSSR count). The van der Waals surface area contributed by atoms with E-state index in [1.54, 1.807) is 11.6 Å². The fraction of sp³-hybridized carbons (Fsp3) is 0.167. The van der Waals surface area contributed by atoms with Gasteiger partial charge in [-0.1, -0.05) is 10.5 Å². The van der Waals surface area contributed by atoms with Crippen molar-refractivity contribution >= 4 is 32.4 Å². The molecule has 0 spiro atoms. The number of nitrogens with zero attached hydrogens (tertiary/aromatic N) is 2. The van der Waals surface area contributed by atoms with Crippen LogP contribution in [-0.2, 0) is 14.9 Å². The van der Waals surface area contributed by atoms with E-state index < -0.39 is 15.9 Å². The maximum absolute atomic E-state index is 12.1. The molecule has 1 aromatic heterocycles. The van der Waals surface area contributed by atoms with Crippen LogP contribution in [0.2, 0.25) is 0 Å². The zero-order chi connectivity index (χ0) is 15.5. The molecule has 1 N–H and O–H groups in total. The fourth-order valence-corrected chi connectivity index (χ4v) is 3.04. The van der Waals surface area contributed by atoms with Crippen LogP contribution in [-0.4, -0.2) is 37.9 Å². The Hall–Kier alpha value is -1.81. The van der Waals surface area contributed by atoms with E-state index in [9.17, 15) is 13.2 Å². The van der Waals surface area contributed by atoms with Gasteiger partial charge in [-0.2, -0.15) is 0 Å². The molecule has 21 heavy (non-hydrogen) atoms. The van der Waals surface area contributed by atoms with Crippen molar-refractivity contribution in [3.05, 3.63) is 41.4 Å². The van der Waals surface area contributed by atoms with Crippen LogP contribution in [0.5, 0.6) is 0 Å². The molecule has 2 aromatic rings. The van der Waals surface area contributed by atoms with E-state index in [-0.39, 0.29) is 10.5 Å². The minimum atomic E-state index is -3.79. The molecule has 0 fully saturated rings. The maximum Gasteiger partial charge on any atom is 0.264 e. The summed E-state index contributed by atoms with van der Waals surface area (Å²) < 4.78 is 25.0. The molecule has 1 aromatic carbocycles. The number of carbonyl (C=O) groups excluding carboxylic acids is 1. The van der Waals surface area contributed by atoms with Gasteiger partial charge in [-0.15, -0.1) is 11.3 Å². The van der Waals surface area contributed by atoms with Gasteiger partial charge in [-0.25, -0.2) is 13.4 Å². The first-order valence-electron chi connectivity index (χ1n) is 5.79. The predicted molar refractivity (Wildman–Crippen MR) is 78.5 cm³/mol. The number of anilines is 1. The standard InChI is InChI=1S/C12H13N3O4S2/c1-15(19-2)21(17,18)10-5-3-4-9(8-10)11(16)14-12-13-6-7-20-12/h3-8H,1-2H3,(H,13,14,16).